The molecule has 0 bridgehead atoms. The molecule has 4 rings (SSSR count). The zero-order valence-electron chi connectivity index (χ0n) is 16.4. The van der Waals surface area contributed by atoms with E-state index in [4.69, 9.17) is 5.10 Å². The maximum Gasteiger partial charge on any atom is 0.261 e. The van der Waals surface area contributed by atoms with Crippen LogP contribution in [0.1, 0.15) is 53.5 Å². The standard InChI is InChI=1S/C18H29N5O3S2/c1-13-15-12-16(27-18(15)23(20-13)14-6-4-3-5-7-14)17(24)19-8-9-22-11-10-21(2)28(22,25)26/h12,14,25-26H,3-11H2,1-2H3,(H,19,24). The number of nitrogens with one attached hydrogen (secondary N) is 1. The molecule has 0 atom stereocenters. The lowest BCUT2D eigenvalue weighted by Gasteiger charge is -2.40. The fourth-order valence-corrected chi connectivity index (χ4v) is 6.60. The number of fused-ring (bicyclic) bond motifs is 1. The number of nitrogens with zero attached hydrogens (tertiary/aromatic N) is 4. The highest BCUT2D eigenvalue weighted by Crippen LogP contribution is 2.49. The number of rotatable bonds is 5. The molecule has 0 unspecified atom stereocenters. The molecular weight excluding hydrogens is 398 g/mol. The Labute approximate surface area is 171 Å². The number of hydrogen-bond acceptors (Lipinski definition) is 7. The first-order chi connectivity index (χ1) is 13.4. The Balaban J connectivity index is 1.42. The second-order valence-corrected chi connectivity index (χ2v) is 10.8. The van der Waals surface area contributed by atoms with Crippen LogP contribution in [-0.2, 0) is 0 Å². The number of thiophene rings is 1. The molecule has 10 heteroatoms. The van der Waals surface area contributed by atoms with E-state index in [9.17, 15) is 13.9 Å². The van der Waals surface area contributed by atoms with Gasteiger partial charge in [-0.3, -0.25) is 18.6 Å². The molecule has 3 N–H and O–H groups in total. The highest BCUT2D eigenvalue weighted by molar-refractivity contribution is 8.20. The predicted octanol–water partition coefficient (Wildman–Crippen LogP) is 3.47. The lowest BCUT2D eigenvalue weighted by molar-refractivity contribution is 0.0955. The van der Waals surface area contributed by atoms with Crippen LogP contribution in [0.15, 0.2) is 6.07 Å². The van der Waals surface area contributed by atoms with Crippen LogP contribution in [-0.4, -0.2) is 66.6 Å². The number of likely N-dealkylation sites (N-methyl/N-ethyl adjacent to an activating group) is 1. The van der Waals surface area contributed by atoms with E-state index in [2.05, 4.69) is 10.00 Å². The number of aromatic nitrogens is 2. The lowest BCUT2D eigenvalue weighted by Crippen LogP contribution is -2.35. The highest BCUT2D eigenvalue weighted by Gasteiger charge is 2.33. The molecule has 1 saturated heterocycles. The van der Waals surface area contributed by atoms with Crippen molar-refractivity contribution in [2.75, 3.05) is 33.2 Å². The molecule has 0 radical (unpaired) electrons. The van der Waals surface area contributed by atoms with Crippen LogP contribution in [0, 0.1) is 6.92 Å². The highest BCUT2D eigenvalue weighted by atomic mass is 32.3. The van der Waals surface area contributed by atoms with Crippen molar-refractivity contribution in [3.05, 3.63) is 16.6 Å². The molecule has 28 heavy (non-hydrogen) atoms. The smallest absolute Gasteiger partial charge is 0.261 e. The summed E-state index contributed by atoms with van der Waals surface area (Å²) >= 11 is 1.50. The third-order valence-corrected chi connectivity index (χ3v) is 8.99. The Kier molecular flexibility index (Phi) is 5.69. The summed E-state index contributed by atoms with van der Waals surface area (Å²) in [7, 11) is -1.16. The van der Waals surface area contributed by atoms with Crippen molar-refractivity contribution in [1.29, 1.82) is 0 Å². The summed E-state index contributed by atoms with van der Waals surface area (Å²) in [4.78, 5) is 14.4. The van der Waals surface area contributed by atoms with E-state index in [1.165, 1.54) is 30.6 Å². The summed E-state index contributed by atoms with van der Waals surface area (Å²) in [6.45, 7) is 4.01. The summed E-state index contributed by atoms with van der Waals surface area (Å²) in [5.41, 5.74) is 0.977. The van der Waals surface area contributed by atoms with E-state index >= 15 is 0 Å². The van der Waals surface area contributed by atoms with E-state index in [-0.39, 0.29) is 5.91 Å². The molecule has 8 nitrogen and oxygen atoms in total. The summed E-state index contributed by atoms with van der Waals surface area (Å²) in [6, 6.07) is 2.38. The van der Waals surface area contributed by atoms with Crippen LogP contribution in [0.3, 0.4) is 0 Å². The number of hydrogen-bond donors (Lipinski definition) is 3. The van der Waals surface area contributed by atoms with Crippen molar-refractivity contribution < 1.29 is 13.9 Å². The largest absolute Gasteiger partial charge is 0.350 e. The van der Waals surface area contributed by atoms with E-state index in [1.807, 2.05) is 13.0 Å². The van der Waals surface area contributed by atoms with Crippen molar-refractivity contribution in [2.24, 2.45) is 0 Å². The van der Waals surface area contributed by atoms with Crippen LogP contribution in [0.4, 0.5) is 0 Å². The molecule has 1 saturated carbocycles. The van der Waals surface area contributed by atoms with Crippen LogP contribution in [0.25, 0.3) is 10.2 Å². The van der Waals surface area contributed by atoms with Crippen molar-refractivity contribution in [2.45, 2.75) is 45.1 Å². The van der Waals surface area contributed by atoms with Crippen LogP contribution in [0.5, 0.6) is 0 Å². The Hall–Kier alpha value is -1.17. The molecule has 1 aliphatic heterocycles. The summed E-state index contributed by atoms with van der Waals surface area (Å²) in [5.74, 6) is -0.111. The number of carbonyl (C=O) groups is 1. The third-order valence-electron chi connectivity index (χ3n) is 5.79. The normalized spacial score (nSPS) is 22.7. The number of amides is 1. The summed E-state index contributed by atoms with van der Waals surface area (Å²) in [5, 5.41) is 8.73. The van der Waals surface area contributed by atoms with Gasteiger partial charge in [-0.1, -0.05) is 30.2 Å². The van der Waals surface area contributed by atoms with Gasteiger partial charge in [0.05, 0.1) is 16.6 Å². The zero-order valence-corrected chi connectivity index (χ0v) is 18.1. The molecule has 1 amide bonds. The van der Waals surface area contributed by atoms with Gasteiger partial charge in [-0.2, -0.15) is 13.7 Å². The predicted molar refractivity (Wildman–Crippen MR) is 114 cm³/mol. The molecule has 2 aliphatic rings. The second kappa shape index (κ2) is 7.92. The molecular formula is C18H29N5O3S2. The number of carbonyl (C=O) groups excluding carboxylic acids is 1. The van der Waals surface area contributed by atoms with Crippen molar-refractivity contribution in [3.63, 3.8) is 0 Å². The van der Waals surface area contributed by atoms with Crippen molar-refractivity contribution >= 4 is 38.4 Å². The van der Waals surface area contributed by atoms with E-state index in [0.29, 0.717) is 37.1 Å². The van der Waals surface area contributed by atoms with Gasteiger partial charge in [0.1, 0.15) is 4.83 Å². The molecule has 0 aromatic carbocycles. The molecule has 2 fully saturated rings. The van der Waals surface area contributed by atoms with Crippen molar-refractivity contribution in [1.82, 2.24) is 23.7 Å². The fourth-order valence-electron chi connectivity index (χ4n) is 4.07. The first kappa shape index (κ1) is 20.1. The zero-order chi connectivity index (χ0) is 19.9. The van der Waals surface area contributed by atoms with E-state index < -0.39 is 11.0 Å². The molecule has 2 aromatic rings. The van der Waals surface area contributed by atoms with Gasteiger partial charge in [-0.05, 0) is 25.8 Å². The van der Waals surface area contributed by atoms with Gasteiger partial charge in [0.25, 0.3) is 5.91 Å². The molecule has 0 spiro atoms. The summed E-state index contributed by atoms with van der Waals surface area (Å²) in [6.07, 6.45) is 6.11. The van der Waals surface area contributed by atoms with Gasteiger partial charge in [-0.25, -0.2) is 0 Å². The molecule has 3 heterocycles. The minimum atomic E-state index is -2.86. The van der Waals surface area contributed by atoms with Crippen molar-refractivity contribution in [3.8, 4) is 0 Å². The Morgan fingerprint density at radius 3 is 2.75 bits per heavy atom. The van der Waals surface area contributed by atoms with Gasteiger partial charge in [0, 0.05) is 38.6 Å². The van der Waals surface area contributed by atoms with Gasteiger partial charge < -0.3 is 5.32 Å². The third kappa shape index (κ3) is 3.69. The molecule has 2 aromatic heterocycles. The maximum absolute atomic E-state index is 12.6. The summed E-state index contributed by atoms with van der Waals surface area (Å²) < 4.78 is 25.6. The Morgan fingerprint density at radius 1 is 1.32 bits per heavy atom. The van der Waals surface area contributed by atoms with E-state index in [0.717, 1.165) is 28.8 Å². The van der Waals surface area contributed by atoms with Gasteiger partial charge >= 0.3 is 0 Å². The molecule has 156 valence electrons. The topological polar surface area (TPSA) is 93.9 Å². The average Bonchev–Trinajstić information content (AvgIpc) is 3.32. The minimum Gasteiger partial charge on any atom is -0.350 e. The Bertz CT molecular complexity index is 859. The fraction of sp³-hybridized carbons (Fsp3) is 0.667. The monoisotopic (exact) mass is 427 g/mol. The Morgan fingerprint density at radius 2 is 2.07 bits per heavy atom. The molecule has 1 aliphatic carbocycles. The van der Waals surface area contributed by atoms with Gasteiger partial charge in [-0.15, -0.1) is 11.3 Å². The first-order valence-corrected chi connectivity index (χ1v) is 12.2. The van der Waals surface area contributed by atoms with Crippen LogP contribution >= 0.6 is 22.3 Å². The quantitative estimate of drug-likeness (QED) is 0.676. The number of aryl methyl sites for hydroxylation is 1. The van der Waals surface area contributed by atoms with Crippen LogP contribution in [0.2, 0.25) is 0 Å². The van der Waals surface area contributed by atoms with Gasteiger partial charge in [0.2, 0.25) is 0 Å². The van der Waals surface area contributed by atoms with Crippen LogP contribution < -0.4 is 5.32 Å². The first-order valence-electron chi connectivity index (χ1n) is 9.89. The van der Waals surface area contributed by atoms with E-state index in [1.54, 1.807) is 15.7 Å². The average molecular weight is 428 g/mol. The lowest BCUT2D eigenvalue weighted by atomic mass is 9.96. The second-order valence-electron chi connectivity index (χ2n) is 7.68. The van der Waals surface area contributed by atoms with Gasteiger partial charge in [0.15, 0.2) is 0 Å². The SMILES string of the molecule is Cc1nn(C2CCCCC2)c2sc(C(=O)NCCN3CCN(C)S3(O)O)cc12. The minimum absolute atomic E-state index is 0.111. The maximum atomic E-state index is 12.6.